The third-order valence-electron chi connectivity index (χ3n) is 7.50. The average Bonchev–Trinajstić information content (AvgIpc) is 3.41. The van der Waals surface area contributed by atoms with Crippen LogP contribution in [0.2, 0.25) is 0 Å². The number of carbonyl (C=O) groups excluding carboxylic acids is 3. The molecule has 0 spiro atoms. The number of amides is 4. The van der Waals surface area contributed by atoms with E-state index in [0.29, 0.717) is 24.2 Å². The molecule has 0 saturated carbocycles. The van der Waals surface area contributed by atoms with E-state index in [-0.39, 0.29) is 17.7 Å². The average molecular weight is 507 g/mol. The summed E-state index contributed by atoms with van der Waals surface area (Å²) in [4.78, 5) is 47.7. The van der Waals surface area contributed by atoms with Crippen LogP contribution in [0.5, 0.6) is 0 Å². The van der Waals surface area contributed by atoms with E-state index in [1.807, 2.05) is 63.2 Å². The normalized spacial score (nSPS) is 18.7. The zero-order valence-electron chi connectivity index (χ0n) is 21.7. The Balaban J connectivity index is 1.47. The Labute approximate surface area is 221 Å². The van der Waals surface area contributed by atoms with Crippen LogP contribution in [0.4, 0.5) is 10.5 Å². The number of rotatable bonds is 5. The summed E-state index contributed by atoms with van der Waals surface area (Å²) in [6, 6.07) is 21.4. The summed E-state index contributed by atoms with van der Waals surface area (Å²) in [7, 11) is 0. The van der Waals surface area contributed by atoms with Crippen molar-refractivity contribution in [3.63, 3.8) is 0 Å². The fraction of sp³-hybridized carbons (Fsp3) is 0.258. The predicted octanol–water partition coefficient (Wildman–Crippen LogP) is 5.35. The van der Waals surface area contributed by atoms with Crippen molar-refractivity contribution in [2.75, 3.05) is 11.4 Å². The molecule has 2 N–H and O–H groups in total. The molecule has 4 aromatic rings. The summed E-state index contributed by atoms with van der Waals surface area (Å²) in [5.41, 5.74) is 5.64. The molecule has 3 aromatic carbocycles. The van der Waals surface area contributed by atoms with Gasteiger partial charge in [0.2, 0.25) is 0 Å². The minimum absolute atomic E-state index is 0.272. The van der Waals surface area contributed by atoms with Crippen molar-refractivity contribution in [1.82, 2.24) is 15.2 Å². The Kier molecular flexibility index (Phi) is 5.79. The molecule has 192 valence electrons. The molecule has 0 bridgehead atoms. The number of aryl methyl sites for hydroxylation is 1. The number of hydrogen-bond donors (Lipinski definition) is 2. The molecule has 2 aliphatic rings. The molecule has 1 aromatic heterocycles. The lowest BCUT2D eigenvalue weighted by molar-refractivity contribution is -0.120. The van der Waals surface area contributed by atoms with E-state index in [1.54, 1.807) is 29.2 Å². The van der Waals surface area contributed by atoms with E-state index < -0.39 is 18.1 Å². The number of H-pyrrole nitrogens is 1. The fourth-order valence-electron chi connectivity index (χ4n) is 5.64. The number of para-hydroxylation sites is 2. The number of aromatic amines is 1. The maximum atomic E-state index is 14.2. The van der Waals surface area contributed by atoms with E-state index in [4.69, 9.17) is 0 Å². The molecule has 1 fully saturated rings. The third-order valence-corrected chi connectivity index (χ3v) is 7.50. The van der Waals surface area contributed by atoms with Crippen LogP contribution < -0.4 is 10.2 Å². The second-order valence-corrected chi connectivity index (χ2v) is 10.6. The number of nitrogens with one attached hydrogen (secondary N) is 2. The van der Waals surface area contributed by atoms with Crippen molar-refractivity contribution in [3.8, 4) is 0 Å². The summed E-state index contributed by atoms with van der Waals surface area (Å²) in [5.74, 6) is -0.340. The van der Waals surface area contributed by atoms with E-state index >= 15 is 0 Å². The van der Waals surface area contributed by atoms with Gasteiger partial charge in [0.05, 0.1) is 11.3 Å². The molecule has 1 saturated heterocycles. The molecule has 0 aliphatic carbocycles. The first-order valence-electron chi connectivity index (χ1n) is 13.0. The van der Waals surface area contributed by atoms with Gasteiger partial charge >= 0.3 is 6.03 Å². The summed E-state index contributed by atoms with van der Waals surface area (Å²) in [6.45, 7) is 6.55. The largest absolute Gasteiger partial charge is 0.356 e. The van der Waals surface area contributed by atoms with Gasteiger partial charge in [-0.05, 0) is 42.2 Å². The van der Waals surface area contributed by atoms with Gasteiger partial charge in [-0.1, -0.05) is 74.0 Å². The van der Waals surface area contributed by atoms with Gasteiger partial charge in [-0.25, -0.2) is 9.69 Å². The predicted molar refractivity (Wildman–Crippen MR) is 147 cm³/mol. The van der Waals surface area contributed by atoms with E-state index in [2.05, 4.69) is 16.4 Å². The van der Waals surface area contributed by atoms with Crippen LogP contribution in [0.3, 0.4) is 0 Å². The zero-order valence-corrected chi connectivity index (χ0v) is 21.7. The van der Waals surface area contributed by atoms with Gasteiger partial charge in [0.1, 0.15) is 12.1 Å². The lowest BCUT2D eigenvalue weighted by Crippen LogP contribution is -2.44. The number of fused-ring (bicyclic) bond motifs is 4. The summed E-state index contributed by atoms with van der Waals surface area (Å²) >= 11 is 0. The maximum absolute atomic E-state index is 14.2. The van der Waals surface area contributed by atoms with E-state index in [0.717, 1.165) is 33.3 Å². The van der Waals surface area contributed by atoms with Crippen LogP contribution in [-0.4, -0.2) is 40.3 Å². The number of aromatic nitrogens is 1. The van der Waals surface area contributed by atoms with Crippen molar-refractivity contribution in [2.45, 2.75) is 39.3 Å². The van der Waals surface area contributed by atoms with Gasteiger partial charge in [-0.15, -0.1) is 0 Å². The van der Waals surface area contributed by atoms with Gasteiger partial charge in [0.15, 0.2) is 0 Å². The minimum Gasteiger partial charge on any atom is -0.356 e. The number of urea groups is 1. The number of hydrogen-bond acceptors (Lipinski definition) is 3. The van der Waals surface area contributed by atoms with Crippen LogP contribution in [0, 0.1) is 12.8 Å². The Bertz CT molecular complexity index is 1570. The van der Waals surface area contributed by atoms with Crippen LogP contribution in [0.15, 0.2) is 72.8 Å². The third kappa shape index (κ3) is 3.77. The SMILES string of the molecule is Cc1ccc(C2c3[nH]c4ccccc4c3CC3C(=O)N(c4ccccc4C(=O)NCC(C)C)C(=O)N32)cc1. The summed E-state index contributed by atoms with van der Waals surface area (Å²) < 4.78 is 0. The quantitative estimate of drug-likeness (QED) is 0.358. The van der Waals surface area contributed by atoms with Crippen molar-refractivity contribution in [1.29, 1.82) is 0 Å². The molecule has 7 nitrogen and oxygen atoms in total. The first-order valence-corrected chi connectivity index (χ1v) is 13.0. The van der Waals surface area contributed by atoms with Crippen molar-refractivity contribution in [2.24, 2.45) is 5.92 Å². The highest BCUT2D eigenvalue weighted by atomic mass is 16.2. The maximum Gasteiger partial charge on any atom is 0.332 e. The molecule has 7 heteroatoms. The van der Waals surface area contributed by atoms with Gasteiger partial charge in [-0.2, -0.15) is 0 Å². The Morgan fingerprint density at radius 2 is 1.71 bits per heavy atom. The number of imide groups is 1. The van der Waals surface area contributed by atoms with Gasteiger partial charge < -0.3 is 10.3 Å². The number of benzene rings is 3. The van der Waals surface area contributed by atoms with Crippen LogP contribution in [0.25, 0.3) is 10.9 Å². The Morgan fingerprint density at radius 1 is 1.00 bits per heavy atom. The van der Waals surface area contributed by atoms with E-state index in [9.17, 15) is 14.4 Å². The van der Waals surface area contributed by atoms with Gasteiger partial charge in [0.25, 0.3) is 11.8 Å². The highest BCUT2D eigenvalue weighted by Gasteiger charge is 2.53. The number of carbonyl (C=O) groups is 3. The second-order valence-electron chi connectivity index (χ2n) is 10.6. The molecule has 2 aliphatic heterocycles. The molecule has 2 atom stereocenters. The van der Waals surface area contributed by atoms with Gasteiger partial charge in [-0.3, -0.25) is 14.5 Å². The smallest absolute Gasteiger partial charge is 0.332 e. The molecular weight excluding hydrogens is 476 g/mol. The minimum atomic E-state index is -0.674. The lowest BCUT2D eigenvalue weighted by atomic mass is 9.88. The summed E-state index contributed by atoms with van der Waals surface area (Å²) in [5, 5.41) is 3.98. The molecule has 2 unspecified atom stereocenters. The van der Waals surface area contributed by atoms with Crippen LogP contribution in [0.1, 0.15) is 52.6 Å². The van der Waals surface area contributed by atoms with Crippen LogP contribution in [-0.2, 0) is 11.2 Å². The first kappa shape index (κ1) is 24.0. The van der Waals surface area contributed by atoms with Gasteiger partial charge in [0, 0.05) is 29.6 Å². The highest BCUT2D eigenvalue weighted by molar-refractivity contribution is 6.24. The summed E-state index contributed by atoms with van der Waals surface area (Å²) in [6.07, 6.45) is 0.407. The lowest BCUT2D eigenvalue weighted by Gasteiger charge is -2.36. The van der Waals surface area contributed by atoms with Crippen molar-refractivity contribution >= 4 is 34.4 Å². The van der Waals surface area contributed by atoms with E-state index in [1.165, 1.54) is 4.90 Å². The Morgan fingerprint density at radius 3 is 2.47 bits per heavy atom. The monoisotopic (exact) mass is 506 g/mol. The highest BCUT2D eigenvalue weighted by Crippen LogP contribution is 2.45. The molecule has 3 heterocycles. The first-order chi connectivity index (χ1) is 18.3. The molecule has 6 rings (SSSR count). The van der Waals surface area contributed by atoms with Crippen molar-refractivity contribution < 1.29 is 14.4 Å². The molecule has 38 heavy (non-hydrogen) atoms. The number of anilines is 1. The molecular formula is C31H30N4O3. The number of nitrogens with zero attached hydrogens (tertiary/aromatic N) is 2. The standard InChI is InChI=1S/C31H30N4O3/c1-18(2)17-32-29(36)22-9-5-7-11-25(22)35-30(37)26-16-23-21-8-4-6-10-24(21)33-27(23)28(34(26)31(35)38)20-14-12-19(3)13-15-20/h4-15,18,26,28,33H,16-17H2,1-3H3,(H,32,36). The zero-order chi connectivity index (χ0) is 26.6. The topological polar surface area (TPSA) is 85.5 Å². The fourth-order valence-corrected chi connectivity index (χ4v) is 5.64. The second kappa shape index (κ2) is 9.17. The molecule has 0 radical (unpaired) electrons. The molecule has 4 amide bonds. The van der Waals surface area contributed by atoms with Crippen LogP contribution >= 0.6 is 0 Å². The van der Waals surface area contributed by atoms with Crippen molar-refractivity contribution in [3.05, 3.63) is 101 Å². The Hall–Kier alpha value is -4.39.